The summed E-state index contributed by atoms with van der Waals surface area (Å²) < 4.78 is 13.6. The van der Waals surface area contributed by atoms with Gasteiger partial charge in [0.2, 0.25) is 17.7 Å². The molecule has 3 aromatic heterocycles. The summed E-state index contributed by atoms with van der Waals surface area (Å²) in [5, 5.41) is 18.2. The SMILES string of the molecule is CC(Sc1nnc(N2CCCC2)n1Cc1ccco1)c1nnc(-c2ccccc2)o1. The smallest absolute Gasteiger partial charge is 0.247 e. The Balaban J connectivity index is 1.39. The summed E-state index contributed by atoms with van der Waals surface area (Å²) in [6, 6.07) is 13.6. The Labute approximate surface area is 178 Å². The van der Waals surface area contributed by atoms with Gasteiger partial charge in [-0.05, 0) is 44.0 Å². The largest absolute Gasteiger partial charge is 0.467 e. The van der Waals surface area contributed by atoms with E-state index in [-0.39, 0.29) is 5.25 Å². The zero-order valence-electron chi connectivity index (χ0n) is 16.6. The molecule has 5 rings (SSSR count). The monoisotopic (exact) mass is 422 g/mol. The van der Waals surface area contributed by atoms with Gasteiger partial charge >= 0.3 is 0 Å². The minimum Gasteiger partial charge on any atom is -0.467 e. The molecule has 1 atom stereocenters. The Morgan fingerprint density at radius 2 is 1.83 bits per heavy atom. The predicted octanol–water partition coefficient (Wildman–Crippen LogP) is 4.42. The van der Waals surface area contributed by atoms with Crippen molar-refractivity contribution in [1.29, 1.82) is 0 Å². The maximum absolute atomic E-state index is 5.93. The fraction of sp³-hybridized carbons (Fsp3) is 0.333. The number of nitrogens with zero attached hydrogens (tertiary/aromatic N) is 6. The number of rotatable bonds is 7. The molecule has 1 fully saturated rings. The first-order valence-electron chi connectivity index (χ1n) is 10.0. The Hall–Kier alpha value is -3.07. The average molecular weight is 423 g/mol. The molecule has 154 valence electrons. The summed E-state index contributed by atoms with van der Waals surface area (Å²) in [7, 11) is 0. The van der Waals surface area contributed by atoms with Gasteiger partial charge in [-0.2, -0.15) is 0 Å². The molecule has 0 amide bonds. The van der Waals surface area contributed by atoms with Crippen LogP contribution >= 0.6 is 11.8 Å². The van der Waals surface area contributed by atoms with Crippen molar-refractivity contribution in [2.24, 2.45) is 0 Å². The van der Waals surface area contributed by atoms with Gasteiger partial charge in [0.25, 0.3) is 0 Å². The highest BCUT2D eigenvalue weighted by molar-refractivity contribution is 7.99. The number of hydrogen-bond acceptors (Lipinski definition) is 8. The van der Waals surface area contributed by atoms with E-state index in [9.17, 15) is 0 Å². The Kier molecular flexibility index (Phi) is 5.27. The zero-order valence-corrected chi connectivity index (χ0v) is 17.5. The highest BCUT2D eigenvalue weighted by Gasteiger charge is 2.25. The third-order valence-corrected chi connectivity index (χ3v) is 6.14. The van der Waals surface area contributed by atoms with Gasteiger partial charge in [-0.15, -0.1) is 20.4 Å². The van der Waals surface area contributed by atoms with Crippen molar-refractivity contribution in [3.63, 3.8) is 0 Å². The van der Waals surface area contributed by atoms with Crippen LogP contribution in [0.2, 0.25) is 0 Å². The molecule has 1 aromatic carbocycles. The second kappa shape index (κ2) is 8.35. The van der Waals surface area contributed by atoms with Crippen LogP contribution in [0.1, 0.15) is 36.7 Å². The Morgan fingerprint density at radius 1 is 1.00 bits per heavy atom. The molecule has 1 unspecified atom stereocenters. The summed E-state index contributed by atoms with van der Waals surface area (Å²) in [6.45, 7) is 4.62. The molecule has 4 heterocycles. The van der Waals surface area contributed by atoms with E-state index in [1.807, 2.05) is 49.4 Å². The lowest BCUT2D eigenvalue weighted by Gasteiger charge is -2.18. The van der Waals surface area contributed by atoms with E-state index in [0.717, 1.165) is 35.5 Å². The van der Waals surface area contributed by atoms with Crippen LogP contribution in [-0.2, 0) is 6.54 Å². The van der Waals surface area contributed by atoms with Crippen molar-refractivity contribution >= 4 is 17.7 Å². The fourth-order valence-corrected chi connectivity index (χ4v) is 4.39. The predicted molar refractivity (Wildman–Crippen MR) is 113 cm³/mol. The summed E-state index contributed by atoms with van der Waals surface area (Å²) >= 11 is 1.56. The number of benzene rings is 1. The van der Waals surface area contributed by atoms with Crippen LogP contribution in [-0.4, -0.2) is 38.1 Å². The molecule has 0 aliphatic carbocycles. The van der Waals surface area contributed by atoms with E-state index >= 15 is 0 Å². The van der Waals surface area contributed by atoms with Crippen LogP contribution in [0.25, 0.3) is 11.5 Å². The van der Waals surface area contributed by atoms with Gasteiger partial charge in [-0.25, -0.2) is 0 Å². The number of thioether (sulfide) groups is 1. The number of hydrogen-bond donors (Lipinski definition) is 0. The summed E-state index contributed by atoms with van der Waals surface area (Å²) in [6.07, 6.45) is 4.04. The van der Waals surface area contributed by atoms with Crippen LogP contribution in [0, 0.1) is 0 Å². The van der Waals surface area contributed by atoms with E-state index in [1.54, 1.807) is 18.0 Å². The topological polar surface area (TPSA) is 86.0 Å². The molecule has 0 saturated carbocycles. The first-order chi connectivity index (χ1) is 14.8. The molecular weight excluding hydrogens is 400 g/mol. The van der Waals surface area contributed by atoms with Crippen molar-refractivity contribution in [1.82, 2.24) is 25.0 Å². The maximum atomic E-state index is 5.93. The summed E-state index contributed by atoms with van der Waals surface area (Å²) in [5.41, 5.74) is 0.908. The third-order valence-electron chi connectivity index (χ3n) is 5.07. The standard InChI is InChI=1S/C21H22N6O2S/c1-15(18-22-23-19(29-18)16-8-3-2-4-9-16)30-21-25-24-20(26-11-5-6-12-26)27(21)14-17-10-7-13-28-17/h2-4,7-10,13,15H,5-6,11-12,14H2,1H3. The van der Waals surface area contributed by atoms with Crippen molar-refractivity contribution in [2.45, 2.75) is 36.7 Å². The minimum atomic E-state index is -0.0686. The van der Waals surface area contributed by atoms with Crippen LogP contribution in [0.15, 0.2) is 62.7 Å². The zero-order chi connectivity index (χ0) is 20.3. The van der Waals surface area contributed by atoms with Gasteiger partial charge in [0.15, 0.2) is 5.16 Å². The van der Waals surface area contributed by atoms with Crippen LogP contribution in [0.4, 0.5) is 5.95 Å². The molecule has 1 saturated heterocycles. The molecule has 0 N–H and O–H groups in total. The number of anilines is 1. The van der Waals surface area contributed by atoms with E-state index in [0.29, 0.717) is 18.3 Å². The van der Waals surface area contributed by atoms with Crippen LogP contribution in [0.3, 0.4) is 0 Å². The van der Waals surface area contributed by atoms with E-state index in [1.165, 1.54) is 12.8 Å². The van der Waals surface area contributed by atoms with Crippen molar-refractivity contribution < 1.29 is 8.83 Å². The highest BCUT2D eigenvalue weighted by atomic mass is 32.2. The van der Waals surface area contributed by atoms with Gasteiger partial charge in [-0.1, -0.05) is 30.0 Å². The lowest BCUT2D eigenvalue weighted by Crippen LogP contribution is -2.22. The van der Waals surface area contributed by atoms with Gasteiger partial charge in [-0.3, -0.25) is 4.57 Å². The molecular formula is C21H22N6O2S. The summed E-state index contributed by atoms with van der Waals surface area (Å²) in [4.78, 5) is 2.28. The molecule has 1 aliphatic heterocycles. The molecule has 8 nitrogen and oxygen atoms in total. The molecule has 30 heavy (non-hydrogen) atoms. The molecule has 4 aromatic rings. The van der Waals surface area contributed by atoms with Crippen LogP contribution in [0.5, 0.6) is 0 Å². The first kappa shape index (κ1) is 18.9. The molecule has 9 heteroatoms. The van der Waals surface area contributed by atoms with E-state index in [4.69, 9.17) is 8.83 Å². The van der Waals surface area contributed by atoms with Crippen molar-refractivity contribution in [3.05, 3.63) is 60.4 Å². The molecule has 0 radical (unpaired) electrons. The van der Waals surface area contributed by atoms with E-state index < -0.39 is 0 Å². The Morgan fingerprint density at radius 3 is 2.60 bits per heavy atom. The quantitative estimate of drug-likeness (QED) is 0.405. The number of aromatic nitrogens is 5. The second-order valence-electron chi connectivity index (χ2n) is 7.21. The molecule has 1 aliphatic rings. The Bertz CT molecular complexity index is 1090. The second-order valence-corrected chi connectivity index (χ2v) is 8.52. The van der Waals surface area contributed by atoms with Crippen molar-refractivity contribution in [3.8, 4) is 11.5 Å². The fourth-order valence-electron chi connectivity index (χ4n) is 3.52. The third kappa shape index (κ3) is 3.85. The average Bonchev–Trinajstić information content (AvgIpc) is 3.57. The van der Waals surface area contributed by atoms with Gasteiger partial charge in [0.05, 0.1) is 18.1 Å². The first-order valence-corrected chi connectivity index (χ1v) is 10.9. The van der Waals surface area contributed by atoms with Crippen molar-refractivity contribution in [2.75, 3.05) is 18.0 Å². The van der Waals surface area contributed by atoms with E-state index in [2.05, 4.69) is 29.9 Å². The molecule has 0 bridgehead atoms. The molecule has 0 spiro atoms. The number of furan rings is 1. The van der Waals surface area contributed by atoms with Gasteiger partial charge in [0, 0.05) is 18.7 Å². The lowest BCUT2D eigenvalue weighted by molar-refractivity contribution is 0.483. The normalized spacial score (nSPS) is 15.0. The maximum Gasteiger partial charge on any atom is 0.247 e. The van der Waals surface area contributed by atoms with Gasteiger partial charge < -0.3 is 13.7 Å². The van der Waals surface area contributed by atoms with Gasteiger partial charge in [0.1, 0.15) is 5.76 Å². The summed E-state index contributed by atoms with van der Waals surface area (Å²) in [5.74, 6) is 2.84. The highest BCUT2D eigenvalue weighted by Crippen LogP contribution is 2.36. The van der Waals surface area contributed by atoms with Crippen LogP contribution < -0.4 is 4.90 Å². The lowest BCUT2D eigenvalue weighted by atomic mass is 10.2. The minimum absolute atomic E-state index is 0.0686.